The Labute approximate surface area is 126 Å². The molecule has 20 heavy (non-hydrogen) atoms. The van der Waals surface area contributed by atoms with E-state index in [1.165, 1.54) is 0 Å². The highest BCUT2D eigenvalue weighted by atomic mass is 79.9. The van der Waals surface area contributed by atoms with Crippen molar-refractivity contribution in [2.24, 2.45) is 0 Å². The topological polar surface area (TPSA) is 42.4 Å². The minimum atomic E-state index is -0.642. The Kier molecular flexibility index (Phi) is 3.85. The molecule has 0 fully saturated rings. The lowest BCUT2D eigenvalue weighted by molar-refractivity contribution is 0.248. The molecule has 102 valence electrons. The number of ether oxygens (including phenoxy) is 1. The first-order chi connectivity index (χ1) is 9.79. The fourth-order valence-corrected chi connectivity index (χ4v) is 2.49. The van der Waals surface area contributed by atoms with Gasteiger partial charge in [-0.1, -0.05) is 34.2 Å². The fourth-order valence-electron chi connectivity index (χ4n) is 2.26. The predicted octanol–water partition coefficient (Wildman–Crippen LogP) is 3.38. The molecule has 1 atom stereocenters. The first-order valence-electron chi connectivity index (χ1n) is 6.47. The molecule has 3 rings (SSSR count). The Balaban J connectivity index is 2.14. The first-order valence-corrected chi connectivity index (χ1v) is 7.59. The standard InChI is InChI=1S/C16H14BrNO2/c17-8-2-4-11-10-13-14(19)6-1-7-15(13)20-16-12(11)5-3-9-18-16/h1,3-7,9-10,14,19H,2,8H2. The van der Waals surface area contributed by atoms with E-state index < -0.39 is 6.10 Å². The van der Waals surface area contributed by atoms with Crippen LogP contribution in [0.4, 0.5) is 0 Å². The number of hydrogen-bond acceptors (Lipinski definition) is 3. The van der Waals surface area contributed by atoms with Gasteiger partial charge in [0.25, 0.3) is 0 Å². The summed E-state index contributed by atoms with van der Waals surface area (Å²) >= 11 is 3.43. The summed E-state index contributed by atoms with van der Waals surface area (Å²) in [7, 11) is 0. The van der Waals surface area contributed by atoms with E-state index in [4.69, 9.17) is 4.74 Å². The van der Waals surface area contributed by atoms with E-state index in [0.717, 1.165) is 28.5 Å². The molecule has 3 nitrogen and oxygen atoms in total. The van der Waals surface area contributed by atoms with Crippen LogP contribution in [-0.4, -0.2) is 21.5 Å². The molecule has 1 aromatic rings. The minimum absolute atomic E-state index is 0.577. The van der Waals surface area contributed by atoms with Gasteiger partial charge < -0.3 is 9.84 Å². The molecule has 2 aliphatic rings. The first kappa shape index (κ1) is 13.3. The van der Waals surface area contributed by atoms with Crippen molar-refractivity contribution in [2.45, 2.75) is 12.5 Å². The molecule has 0 saturated heterocycles. The largest absolute Gasteiger partial charge is 0.438 e. The summed E-state index contributed by atoms with van der Waals surface area (Å²) in [5.74, 6) is 1.23. The number of halogens is 1. The van der Waals surface area contributed by atoms with Crippen molar-refractivity contribution in [2.75, 3.05) is 5.33 Å². The van der Waals surface area contributed by atoms with Gasteiger partial charge in [-0.3, -0.25) is 0 Å². The maximum Gasteiger partial charge on any atom is 0.227 e. The van der Waals surface area contributed by atoms with Crippen LogP contribution in [0, 0.1) is 0 Å². The maximum atomic E-state index is 10.1. The second kappa shape index (κ2) is 5.77. The predicted molar refractivity (Wildman–Crippen MR) is 82.6 cm³/mol. The van der Waals surface area contributed by atoms with Crippen molar-refractivity contribution < 1.29 is 9.84 Å². The lowest BCUT2D eigenvalue weighted by Crippen LogP contribution is -2.14. The number of pyridine rings is 1. The zero-order valence-electron chi connectivity index (χ0n) is 10.8. The minimum Gasteiger partial charge on any atom is -0.438 e. The van der Waals surface area contributed by atoms with Crippen LogP contribution in [0.2, 0.25) is 0 Å². The maximum absolute atomic E-state index is 10.1. The van der Waals surface area contributed by atoms with Gasteiger partial charge in [0.05, 0.1) is 0 Å². The number of aliphatic hydroxyl groups is 1. The average Bonchev–Trinajstić information content (AvgIpc) is 2.62. The van der Waals surface area contributed by atoms with Crippen LogP contribution in [0.3, 0.4) is 0 Å². The van der Waals surface area contributed by atoms with Gasteiger partial charge in [-0.05, 0) is 36.3 Å². The van der Waals surface area contributed by atoms with Gasteiger partial charge in [-0.25, -0.2) is 4.98 Å². The van der Waals surface area contributed by atoms with Crippen molar-refractivity contribution >= 4 is 21.5 Å². The Morgan fingerprint density at radius 2 is 2.35 bits per heavy atom. The van der Waals surface area contributed by atoms with Crippen LogP contribution < -0.4 is 4.74 Å². The molecule has 0 radical (unpaired) electrons. The summed E-state index contributed by atoms with van der Waals surface area (Å²) in [6, 6.07) is 3.87. The molecule has 1 N–H and O–H groups in total. The molecular weight excluding hydrogens is 318 g/mol. The van der Waals surface area contributed by atoms with Gasteiger partial charge in [0.2, 0.25) is 5.88 Å². The smallest absolute Gasteiger partial charge is 0.227 e. The van der Waals surface area contributed by atoms with E-state index in [1.807, 2.05) is 24.3 Å². The van der Waals surface area contributed by atoms with Crippen molar-refractivity contribution in [3.63, 3.8) is 0 Å². The van der Waals surface area contributed by atoms with Gasteiger partial charge in [0, 0.05) is 22.7 Å². The SMILES string of the molecule is OC1C=CC=C2Oc3ncccc3C(=CCCBr)C=C21. The molecule has 1 aliphatic carbocycles. The summed E-state index contributed by atoms with van der Waals surface area (Å²) in [5.41, 5.74) is 2.75. The lowest BCUT2D eigenvalue weighted by atomic mass is 9.98. The van der Waals surface area contributed by atoms with Gasteiger partial charge in [-0.15, -0.1) is 0 Å². The van der Waals surface area contributed by atoms with Crippen LogP contribution in [-0.2, 0) is 0 Å². The summed E-state index contributed by atoms with van der Waals surface area (Å²) in [5, 5.41) is 11.0. The quantitative estimate of drug-likeness (QED) is 0.845. The van der Waals surface area contributed by atoms with E-state index in [1.54, 1.807) is 18.3 Å². The highest BCUT2D eigenvalue weighted by Crippen LogP contribution is 2.35. The van der Waals surface area contributed by atoms with E-state index in [9.17, 15) is 5.11 Å². The van der Waals surface area contributed by atoms with Crippen molar-refractivity contribution in [1.29, 1.82) is 0 Å². The van der Waals surface area contributed by atoms with Crippen molar-refractivity contribution in [3.8, 4) is 5.88 Å². The number of rotatable bonds is 2. The number of nitrogens with zero attached hydrogens (tertiary/aromatic N) is 1. The number of hydrogen-bond donors (Lipinski definition) is 1. The van der Waals surface area contributed by atoms with Crippen molar-refractivity contribution in [3.05, 3.63) is 65.6 Å². The Morgan fingerprint density at radius 3 is 3.20 bits per heavy atom. The number of fused-ring (bicyclic) bond motifs is 2. The van der Waals surface area contributed by atoms with Crippen LogP contribution in [0.5, 0.6) is 5.88 Å². The van der Waals surface area contributed by atoms with Crippen LogP contribution in [0.1, 0.15) is 12.0 Å². The monoisotopic (exact) mass is 331 g/mol. The summed E-state index contributed by atoms with van der Waals surface area (Å²) in [6.45, 7) is 0. The van der Waals surface area contributed by atoms with Crippen LogP contribution in [0.25, 0.3) is 5.57 Å². The average molecular weight is 332 g/mol. The number of aliphatic hydroxyl groups excluding tert-OH is 1. The van der Waals surface area contributed by atoms with E-state index in [-0.39, 0.29) is 0 Å². The van der Waals surface area contributed by atoms with E-state index >= 15 is 0 Å². The van der Waals surface area contributed by atoms with E-state index in [0.29, 0.717) is 11.6 Å². The third-order valence-electron chi connectivity index (χ3n) is 3.22. The van der Waals surface area contributed by atoms with E-state index in [2.05, 4.69) is 27.0 Å². The second-order valence-corrected chi connectivity index (χ2v) is 5.35. The van der Waals surface area contributed by atoms with Gasteiger partial charge >= 0.3 is 0 Å². The molecule has 4 heteroatoms. The molecule has 1 aliphatic heterocycles. The highest BCUT2D eigenvalue weighted by Gasteiger charge is 2.24. The van der Waals surface area contributed by atoms with Crippen LogP contribution >= 0.6 is 15.9 Å². The fraction of sp³-hybridized carbons (Fsp3) is 0.188. The summed E-state index contributed by atoms with van der Waals surface area (Å²) in [6.07, 6.45) is 11.5. The lowest BCUT2D eigenvalue weighted by Gasteiger charge is -2.16. The number of allylic oxidation sites excluding steroid dienone is 5. The van der Waals surface area contributed by atoms with Gasteiger partial charge in [-0.2, -0.15) is 0 Å². The number of alkyl halides is 1. The Hall–Kier alpha value is -1.65. The molecule has 0 saturated carbocycles. The molecule has 0 spiro atoms. The Morgan fingerprint density at radius 1 is 1.45 bits per heavy atom. The molecule has 0 aromatic carbocycles. The van der Waals surface area contributed by atoms with Gasteiger partial charge in [0.15, 0.2) is 0 Å². The molecule has 0 bridgehead atoms. The summed E-state index contributed by atoms with van der Waals surface area (Å²) < 4.78 is 5.86. The molecule has 2 heterocycles. The van der Waals surface area contributed by atoms with Crippen molar-refractivity contribution in [1.82, 2.24) is 4.98 Å². The normalized spacial score (nSPS) is 22.3. The third-order valence-corrected chi connectivity index (χ3v) is 3.68. The molecular formula is C16H14BrNO2. The number of aromatic nitrogens is 1. The Bertz CT molecular complexity index is 644. The zero-order chi connectivity index (χ0) is 13.9. The zero-order valence-corrected chi connectivity index (χ0v) is 12.4. The molecule has 1 aromatic heterocycles. The molecule has 1 unspecified atom stereocenters. The molecule has 0 amide bonds. The highest BCUT2D eigenvalue weighted by molar-refractivity contribution is 9.09. The second-order valence-electron chi connectivity index (χ2n) is 4.56. The van der Waals surface area contributed by atoms with Gasteiger partial charge in [0.1, 0.15) is 11.9 Å². The summed E-state index contributed by atoms with van der Waals surface area (Å²) in [4.78, 5) is 4.30. The van der Waals surface area contributed by atoms with Crippen LogP contribution in [0.15, 0.2) is 60.0 Å². The third kappa shape index (κ3) is 2.49.